The van der Waals surface area contributed by atoms with Crippen LogP contribution in [0, 0.1) is 18.2 Å². The molecule has 1 unspecified atom stereocenters. The fourth-order valence-electron chi connectivity index (χ4n) is 2.32. The first-order valence-electron chi connectivity index (χ1n) is 5.81. The molecular formula is C14H22FN. The van der Waals surface area contributed by atoms with E-state index in [0.717, 1.165) is 18.4 Å². The van der Waals surface area contributed by atoms with E-state index in [0.29, 0.717) is 0 Å². The molecule has 0 heterocycles. The van der Waals surface area contributed by atoms with Crippen LogP contribution in [-0.4, -0.2) is 6.04 Å². The van der Waals surface area contributed by atoms with Gasteiger partial charge in [-0.2, -0.15) is 0 Å². The summed E-state index contributed by atoms with van der Waals surface area (Å²) in [4.78, 5) is 0. The van der Waals surface area contributed by atoms with Crippen LogP contribution in [0.25, 0.3) is 0 Å². The lowest BCUT2D eigenvalue weighted by atomic mass is 9.79. The van der Waals surface area contributed by atoms with Crippen LogP contribution in [0.1, 0.15) is 38.3 Å². The molecule has 0 saturated heterocycles. The van der Waals surface area contributed by atoms with Crippen LogP contribution in [0.2, 0.25) is 0 Å². The summed E-state index contributed by atoms with van der Waals surface area (Å²) in [7, 11) is 0. The summed E-state index contributed by atoms with van der Waals surface area (Å²) in [6, 6.07) is 5.21. The number of rotatable bonds is 4. The first kappa shape index (κ1) is 13.2. The summed E-state index contributed by atoms with van der Waals surface area (Å²) in [5.41, 5.74) is 8.24. The topological polar surface area (TPSA) is 26.0 Å². The number of hydrogen-bond donors (Lipinski definition) is 1. The second-order valence-corrected chi connectivity index (χ2v) is 5.59. The minimum atomic E-state index is -0.161. The Bertz CT molecular complexity index is 356. The molecule has 0 amide bonds. The molecule has 2 N–H and O–H groups in total. The first-order chi connectivity index (χ1) is 7.30. The van der Waals surface area contributed by atoms with Crippen LogP contribution in [-0.2, 0) is 6.42 Å². The molecule has 0 aliphatic heterocycles. The van der Waals surface area contributed by atoms with Crippen molar-refractivity contribution in [2.45, 2.75) is 46.6 Å². The van der Waals surface area contributed by atoms with Crippen molar-refractivity contribution in [3.63, 3.8) is 0 Å². The number of aryl methyl sites for hydroxylation is 1. The highest BCUT2D eigenvalue weighted by molar-refractivity contribution is 5.27. The standard InChI is InChI=1S/C14H22FN/c1-10-7-13(15)6-5-12(10)9-14(3,4)8-11(2)16/h5-7,11H,8-9,16H2,1-4H3. The second-order valence-electron chi connectivity index (χ2n) is 5.59. The van der Waals surface area contributed by atoms with Gasteiger partial charge in [0.1, 0.15) is 5.82 Å². The number of halogens is 1. The van der Waals surface area contributed by atoms with E-state index in [9.17, 15) is 4.39 Å². The zero-order valence-corrected chi connectivity index (χ0v) is 10.7. The van der Waals surface area contributed by atoms with E-state index in [1.165, 1.54) is 11.6 Å². The molecule has 1 aromatic rings. The molecule has 90 valence electrons. The maximum atomic E-state index is 13.0. The minimum absolute atomic E-state index is 0.161. The number of nitrogens with two attached hydrogens (primary N) is 1. The van der Waals surface area contributed by atoms with E-state index < -0.39 is 0 Å². The number of hydrogen-bond acceptors (Lipinski definition) is 1. The maximum Gasteiger partial charge on any atom is 0.123 e. The van der Waals surface area contributed by atoms with Gasteiger partial charge >= 0.3 is 0 Å². The highest BCUT2D eigenvalue weighted by Crippen LogP contribution is 2.28. The van der Waals surface area contributed by atoms with Gasteiger partial charge in [0.2, 0.25) is 0 Å². The van der Waals surface area contributed by atoms with Gasteiger partial charge in [0, 0.05) is 6.04 Å². The third-order valence-electron chi connectivity index (χ3n) is 2.85. The first-order valence-corrected chi connectivity index (χ1v) is 5.81. The lowest BCUT2D eigenvalue weighted by Gasteiger charge is -2.27. The Labute approximate surface area is 97.9 Å². The average Bonchev–Trinajstić information content (AvgIpc) is 2.07. The third kappa shape index (κ3) is 3.93. The SMILES string of the molecule is Cc1cc(F)ccc1CC(C)(C)CC(C)N. The summed E-state index contributed by atoms with van der Waals surface area (Å²) >= 11 is 0. The third-order valence-corrected chi connectivity index (χ3v) is 2.85. The molecule has 0 radical (unpaired) electrons. The predicted molar refractivity (Wildman–Crippen MR) is 66.9 cm³/mol. The van der Waals surface area contributed by atoms with E-state index in [1.807, 2.05) is 19.9 Å². The summed E-state index contributed by atoms with van der Waals surface area (Å²) in [5.74, 6) is -0.161. The fourth-order valence-corrected chi connectivity index (χ4v) is 2.32. The lowest BCUT2D eigenvalue weighted by molar-refractivity contribution is 0.309. The van der Waals surface area contributed by atoms with Crippen molar-refractivity contribution in [2.75, 3.05) is 0 Å². The Balaban J connectivity index is 2.79. The van der Waals surface area contributed by atoms with Crippen LogP contribution in [0.4, 0.5) is 4.39 Å². The summed E-state index contributed by atoms with van der Waals surface area (Å²) in [5, 5.41) is 0. The monoisotopic (exact) mass is 223 g/mol. The highest BCUT2D eigenvalue weighted by Gasteiger charge is 2.21. The van der Waals surface area contributed by atoms with Gasteiger partial charge in [-0.25, -0.2) is 4.39 Å². The van der Waals surface area contributed by atoms with Crippen molar-refractivity contribution in [2.24, 2.45) is 11.1 Å². The summed E-state index contributed by atoms with van der Waals surface area (Å²) < 4.78 is 13.0. The van der Waals surface area contributed by atoms with Gasteiger partial charge in [-0.3, -0.25) is 0 Å². The Morgan fingerprint density at radius 2 is 2.00 bits per heavy atom. The fraction of sp³-hybridized carbons (Fsp3) is 0.571. The molecular weight excluding hydrogens is 201 g/mol. The molecule has 0 saturated carbocycles. The molecule has 1 aromatic carbocycles. The van der Waals surface area contributed by atoms with E-state index >= 15 is 0 Å². The molecule has 1 atom stereocenters. The smallest absolute Gasteiger partial charge is 0.123 e. The van der Waals surface area contributed by atoms with Crippen LogP contribution in [0.15, 0.2) is 18.2 Å². The Morgan fingerprint density at radius 1 is 1.38 bits per heavy atom. The number of benzene rings is 1. The maximum absolute atomic E-state index is 13.0. The van der Waals surface area contributed by atoms with Crippen molar-refractivity contribution in [1.29, 1.82) is 0 Å². The zero-order chi connectivity index (χ0) is 12.3. The van der Waals surface area contributed by atoms with E-state index in [2.05, 4.69) is 13.8 Å². The van der Waals surface area contributed by atoms with Gasteiger partial charge in [-0.15, -0.1) is 0 Å². The van der Waals surface area contributed by atoms with Crippen LogP contribution in [0.5, 0.6) is 0 Å². The normalized spacial score (nSPS) is 13.9. The summed E-state index contributed by atoms with van der Waals surface area (Å²) in [6.45, 7) is 8.40. The van der Waals surface area contributed by atoms with E-state index in [4.69, 9.17) is 5.73 Å². The van der Waals surface area contributed by atoms with Crippen molar-refractivity contribution >= 4 is 0 Å². The van der Waals surface area contributed by atoms with E-state index in [1.54, 1.807) is 6.07 Å². The van der Waals surface area contributed by atoms with Crippen molar-refractivity contribution in [3.8, 4) is 0 Å². The van der Waals surface area contributed by atoms with Gasteiger partial charge in [0.15, 0.2) is 0 Å². The van der Waals surface area contributed by atoms with Gasteiger partial charge in [0.25, 0.3) is 0 Å². The molecule has 0 fully saturated rings. The van der Waals surface area contributed by atoms with Gasteiger partial charge < -0.3 is 5.73 Å². The van der Waals surface area contributed by atoms with Crippen molar-refractivity contribution in [1.82, 2.24) is 0 Å². The quantitative estimate of drug-likeness (QED) is 0.831. The molecule has 0 bridgehead atoms. The molecule has 2 heteroatoms. The molecule has 0 aliphatic carbocycles. The van der Waals surface area contributed by atoms with Gasteiger partial charge in [0.05, 0.1) is 0 Å². The molecule has 0 aromatic heterocycles. The van der Waals surface area contributed by atoms with Gasteiger partial charge in [-0.1, -0.05) is 19.9 Å². The van der Waals surface area contributed by atoms with Gasteiger partial charge in [-0.05, 0) is 55.4 Å². The van der Waals surface area contributed by atoms with Crippen molar-refractivity contribution in [3.05, 3.63) is 35.1 Å². The molecule has 1 nitrogen and oxygen atoms in total. The van der Waals surface area contributed by atoms with Crippen LogP contribution in [0.3, 0.4) is 0 Å². The van der Waals surface area contributed by atoms with Crippen molar-refractivity contribution < 1.29 is 4.39 Å². The Morgan fingerprint density at radius 3 is 2.50 bits per heavy atom. The zero-order valence-electron chi connectivity index (χ0n) is 10.7. The second kappa shape index (κ2) is 4.96. The molecule has 0 spiro atoms. The predicted octanol–water partition coefficient (Wildman–Crippen LogP) is 3.44. The van der Waals surface area contributed by atoms with Crippen LogP contribution < -0.4 is 5.73 Å². The Kier molecular flexibility index (Phi) is 4.09. The minimum Gasteiger partial charge on any atom is -0.328 e. The molecule has 0 aliphatic rings. The molecule has 16 heavy (non-hydrogen) atoms. The van der Waals surface area contributed by atoms with Crippen LogP contribution >= 0.6 is 0 Å². The highest BCUT2D eigenvalue weighted by atomic mass is 19.1. The van der Waals surface area contributed by atoms with E-state index in [-0.39, 0.29) is 17.3 Å². The molecule has 1 rings (SSSR count). The summed E-state index contributed by atoms with van der Waals surface area (Å²) in [6.07, 6.45) is 1.92. The Hall–Kier alpha value is -0.890. The average molecular weight is 223 g/mol. The lowest BCUT2D eigenvalue weighted by Crippen LogP contribution is -2.26. The largest absolute Gasteiger partial charge is 0.328 e.